The van der Waals surface area contributed by atoms with E-state index in [1.807, 2.05) is 12.3 Å². The van der Waals surface area contributed by atoms with E-state index in [4.69, 9.17) is 5.73 Å². The van der Waals surface area contributed by atoms with E-state index in [0.29, 0.717) is 0 Å². The van der Waals surface area contributed by atoms with Gasteiger partial charge in [-0.05, 0) is 31.4 Å². The van der Waals surface area contributed by atoms with Gasteiger partial charge in [0.15, 0.2) is 5.82 Å². The first-order valence-corrected chi connectivity index (χ1v) is 5.79. The summed E-state index contributed by atoms with van der Waals surface area (Å²) in [5.74, 6) is 0.784. The van der Waals surface area contributed by atoms with Crippen molar-refractivity contribution in [3.8, 4) is 5.82 Å². The highest BCUT2D eigenvalue weighted by molar-refractivity contribution is 5.34. The molecule has 0 aliphatic heterocycles. The molecule has 17 heavy (non-hydrogen) atoms. The quantitative estimate of drug-likeness (QED) is 0.853. The van der Waals surface area contributed by atoms with Crippen molar-refractivity contribution < 1.29 is 0 Å². The second-order valence-electron chi connectivity index (χ2n) is 4.69. The molecule has 1 unspecified atom stereocenters. The van der Waals surface area contributed by atoms with Crippen LogP contribution in [0.1, 0.15) is 25.3 Å². The summed E-state index contributed by atoms with van der Waals surface area (Å²) in [6.07, 6.45) is 7.37. The second-order valence-corrected chi connectivity index (χ2v) is 4.69. The molecule has 2 aromatic rings. The van der Waals surface area contributed by atoms with Gasteiger partial charge in [0.1, 0.15) is 12.7 Å². The second kappa shape index (κ2) is 3.63. The van der Waals surface area contributed by atoms with Crippen LogP contribution in [-0.4, -0.2) is 25.8 Å². The van der Waals surface area contributed by atoms with Gasteiger partial charge in [0.25, 0.3) is 0 Å². The molecule has 2 aromatic heterocycles. The molecule has 0 radical (unpaired) electrons. The summed E-state index contributed by atoms with van der Waals surface area (Å²) in [5, 5.41) is 4.05. The molecule has 0 saturated heterocycles. The Morgan fingerprint density at radius 3 is 2.71 bits per heavy atom. The van der Waals surface area contributed by atoms with Gasteiger partial charge in [-0.2, -0.15) is 5.10 Å². The first-order valence-electron chi connectivity index (χ1n) is 5.79. The summed E-state index contributed by atoms with van der Waals surface area (Å²) in [6, 6.07) is 4.24. The fraction of sp³-hybridized carbons (Fsp3) is 0.417. The first-order chi connectivity index (χ1) is 8.22. The number of nitrogens with zero attached hydrogens (tertiary/aromatic N) is 4. The highest BCUT2D eigenvalue weighted by atomic mass is 15.3. The Morgan fingerprint density at radius 1 is 1.41 bits per heavy atom. The Balaban J connectivity index is 1.91. The van der Waals surface area contributed by atoms with Crippen molar-refractivity contribution >= 4 is 0 Å². The van der Waals surface area contributed by atoms with E-state index in [1.54, 1.807) is 11.0 Å². The molecule has 1 aliphatic carbocycles. The summed E-state index contributed by atoms with van der Waals surface area (Å²) < 4.78 is 1.65. The SMILES string of the molecule is CC(N)C1(c2ccc(-n3cncn3)nc2)CC1. The molecule has 2 N–H and O–H groups in total. The van der Waals surface area contributed by atoms with E-state index in [0.717, 1.165) is 18.7 Å². The van der Waals surface area contributed by atoms with Gasteiger partial charge in [0.05, 0.1) is 0 Å². The lowest BCUT2D eigenvalue weighted by Gasteiger charge is -2.19. The molecule has 2 heterocycles. The fourth-order valence-electron chi connectivity index (χ4n) is 2.28. The summed E-state index contributed by atoms with van der Waals surface area (Å²) >= 11 is 0. The number of hydrogen-bond acceptors (Lipinski definition) is 4. The Hall–Kier alpha value is -1.75. The zero-order chi connectivity index (χ0) is 11.9. The highest BCUT2D eigenvalue weighted by Crippen LogP contribution is 2.49. The van der Waals surface area contributed by atoms with E-state index in [9.17, 15) is 0 Å². The molecule has 88 valence electrons. The van der Waals surface area contributed by atoms with Crippen LogP contribution in [0, 0.1) is 0 Å². The molecule has 1 fully saturated rings. The minimum absolute atomic E-state index is 0.161. The monoisotopic (exact) mass is 229 g/mol. The zero-order valence-electron chi connectivity index (χ0n) is 9.74. The van der Waals surface area contributed by atoms with Gasteiger partial charge in [-0.1, -0.05) is 6.07 Å². The standard InChI is InChI=1S/C12H15N5/c1-9(13)12(4-5-12)10-2-3-11(15-6-10)17-8-14-7-16-17/h2-3,6-9H,4-5,13H2,1H3. The van der Waals surface area contributed by atoms with Crippen LogP contribution in [-0.2, 0) is 5.41 Å². The van der Waals surface area contributed by atoms with Crippen LogP contribution in [0.5, 0.6) is 0 Å². The molecule has 1 saturated carbocycles. The zero-order valence-corrected chi connectivity index (χ0v) is 9.74. The van der Waals surface area contributed by atoms with Gasteiger partial charge in [-0.15, -0.1) is 0 Å². The number of hydrogen-bond donors (Lipinski definition) is 1. The molecule has 5 nitrogen and oxygen atoms in total. The third-order valence-electron chi connectivity index (χ3n) is 3.64. The van der Waals surface area contributed by atoms with Gasteiger partial charge in [-0.3, -0.25) is 0 Å². The predicted molar refractivity (Wildman–Crippen MR) is 63.7 cm³/mol. The van der Waals surface area contributed by atoms with Gasteiger partial charge in [0.2, 0.25) is 0 Å². The largest absolute Gasteiger partial charge is 0.327 e. The van der Waals surface area contributed by atoms with Gasteiger partial charge < -0.3 is 5.73 Å². The lowest BCUT2D eigenvalue weighted by Crippen LogP contribution is -2.31. The van der Waals surface area contributed by atoms with Crippen molar-refractivity contribution in [1.29, 1.82) is 0 Å². The molecule has 1 atom stereocenters. The van der Waals surface area contributed by atoms with Gasteiger partial charge in [0, 0.05) is 17.7 Å². The smallest absolute Gasteiger partial charge is 0.155 e. The third-order valence-corrected chi connectivity index (χ3v) is 3.64. The lowest BCUT2D eigenvalue weighted by molar-refractivity contribution is 0.554. The fourth-order valence-corrected chi connectivity index (χ4v) is 2.28. The Labute approximate surface area is 99.7 Å². The molecule has 0 bridgehead atoms. The van der Waals surface area contributed by atoms with Crippen LogP contribution in [0.2, 0.25) is 0 Å². The maximum atomic E-state index is 6.04. The van der Waals surface area contributed by atoms with Crippen molar-refractivity contribution in [2.75, 3.05) is 0 Å². The predicted octanol–water partition coefficient (Wildman–Crippen LogP) is 1.04. The molecule has 0 aromatic carbocycles. The number of pyridine rings is 1. The van der Waals surface area contributed by atoms with Crippen LogP contribution in [0.3, 0.4) is 0 Å². The maximum absolute atomic E-state index is 6.04. The molecule has 3 rings (SSSR count). The number of aromatic nitrogens is 4. The Morgan fingerprint density at radius 2 is 2.24 bits per heavy atom. The van der Waals surface area contributed by atoms with E-state index in [1.165, 1.54) is 11.9 Å². The molecule has 0 amide bonds. The van der Waals surface area contributed by atoms with E-state index in [-0.39, 0.29) is 11.5 Å². The van der Waals surface area contributed by atoms with E-state index < -0.39 is 0 Å². The Bertz CT molecular complexity index is 496. The summed E-state index contributed by atoms with van der Waals surface area (Å²) in [6.45, 7) is 2.07. The van der Waals surface area contributed by atoms with Crippen molar-refractivity contribution in [2.45, 2.75) is 31.2 Å². The van der Waals surface area contributed by atoms with Crippen LogP contribution < -0.4 is 5.73 Å². The summed E-state index contributed by atoms with van der Waals surface area (Å²) in [5.41, 5.74) is 7.44. The van der Waals surface area contributed by atoms with Crippen LogP contribution >= 0.6 is 0 Å². The molecular weight excluding hydrogens is 214 g/mol. The number of rotatable bonds is 3. The van der Waals surface area contributed by atoms with E-state index >= 15 is 0 Å². The van der Waals surface area contributed by atoms with E-state index in [2.05, 4.69) is 28.1 Å². The van der Waals surface area contributed by atoms with Crippen LogP contribution in [0.4, 0.5) is 0 Å². The molecular formula is C12H15N5. The normalized spacial score (nSPS) is 18.9. The average Bonchev–Trinajstić information content (AvgIpc) is 2.98. The van der Waals surface area contributed by atoms with Crippen LogP contribution in [0.25, 0.3) is 5.82 Å². The topological polar surface area (TPSA) is 69.6 Å². The molecule has 5 heteroatoms. The molecule has 1 aliphatic rings. The van der Waals surface area contributed by atoms with Crippen molar-refractivity contribution in [2.24, 2.45) is 5.73 Å². The maximum Gasteiger partial charge on any atom is 0.155 e. The lowest BCUT2D eigenvalue weighted by atomic mass is 9.91. The third kappa shape index (κ3) is 1.63. The minimum Gasteiger partial charge on any atom is -0.327 e. The summed E-state index contributed by atoms with van der Waals surface area (Å²) in [4.78, 5) is 8.32. The minimum atomic E-state index is 0.161. The number of nitrogens with two attached hydrogens (primary N) is 1. The van der Waals surface area contributed by atoms with Gasteiger partial charge >= 0.3 is 0 Å². The summed E-state index contributed by atoms with van der Waals surface area (Å²) in [7, 11) is 0. The van der Waals surface area contributed by atoms with Crippen molar-refractivity contribution in [3.05, 3.63) is 36.5 Å². The van der Waals surface area contributed by atoms with Gasteiger partial charge in [-0.25, -0.2) is 14.6 Å². The Kier molecular flexibility index (Phi) is 2.22. The average molecular weight is 229 g/mol. The molecule has 0 spiro atoms. The van der Waals surface area contributed by atoms with Crippen molar-refractivity contribution in [1.82, 2.24) is 19.7 Å². The highest BCUT2D eigenvalue weighted by Gasteiger charge is 2.47. The van der Waals surface area contributed by atoms with Crippen LogP contribution in [0.15, 0.2) is 31.0 Å². The first kappa shape index (κ1) is 10.4. The van der Waals surface area contributed by atoms with Crippen molar-refractivity contribution in [3.63, 3.8) is 0 Å².